The van der Waals surface area contributed by atoms with Gasteiger partial charge in [0.25, 0.3) is 0 Å². The number of nitriles is 1. The topological polar surface area (TPSA) is 81.5 Å². The summed E-state index contributed by atoms with van der Waals surface area (Å²) in [5.74, 6) is -1.86. The summed E-state index contributed by atoms with van der Waals surface area (Å²) < 4.78 is 46.5. The van der Waals surface area contributed by atoms with E-state index in [1.807, 2.05) is 4.90 Å². The molecule has 2 saturated heterocycles. The number of rotatable bonds is 4. The second-order valence-electron chi connectivity index (χ2n) is 8.18. The monoisotopic (exact) mass is 447 g/mol. The zero-order valence-corrected chi connectivity index (χ0v) is 17.4. The lowest BCUT2D eigenvalue weighted by Crippen LogP contribution is -2.55. The molecule has 170 valence electrons. The van der Waals surface area contributed by atoms with Crippen molar-refractivity contribution in [2.45, 2.75) is 18.6 Å². The van der Waals surface area contributed by atoms with Crippen molar-refractivity contribution in [2.24, 2.45) is 5.92 Å². The lowest BCUT2D eigenvalue weighted by Gasteiger charge is -2.40. The van der Waals surface area contributed by atoms with Crippen LogP contribution in [-0.4, -0.2) is 73.9 Å². The SMILES string of the molecule is N#Cc1ccc(N2C[C@@H](NC(=O)CN3CCOCC3)C[C@@H](C(F)(F)F)C2)c2cccnc12. The maximum atomic E-state index is 13.7. The van der Waals surface area contributed by atoms with Crippen molar-refractivity contribution in [1.29, 1.82) is 5.26 Å². The van der Waals surface area contributed by atoms with Gasteiger partial charge in [-0.1, -0.05) is 0 Å². The number of amides is 1. The highest BCUT2D eigenvalue weighted by molar-refractivity contribution is 5.95. The Kier molecular flexibility index (Phi) is 6.48. The van der Waals surface area contributed by atoms with Crippen LogP contribution in [-0.2, 0) is 9.53 Å². The van der Waals surface area contributed by atoms with Gasteiger partial charge in [-0.15, -0.1) is 0 Å². The van der Waals surface area contributed by atoms with Gasteiger partial charge < -0.3 is 15.0 Å². The Morgan fingerprint density at radius 3 is 2.75 bits per heavy atom. The number of fused-ring (bicyclic) bond motifs is 1. The first-order valence-electron chi connectivity index (χ1n) is 10.5. The maximum Gasteiger partial charge on any atom is 0.393 e. The molecule has 2 aromatic rings. The van der Waals surface area contributed by atoms with E-state index in [4.69, 9.17) is 4.74 Å². The summed E-state index contributed by atoms with van der Waals surface area (Å²) in [6.07, 6.45) is -3.00. The largest absolute Gasteiger partial charge is 0.393 e. The van der Waals surface area contributed by atoms with Crippen LogP contribution in [0.5, 0.6) is 0 Å². The van der Waals surface area contributed by atoms with Crippen LogP contribution < -0.4 is 10.2 Å². The van der Waals surface area contributed by atoms with Gasteiger partial charge in [-0.05, 0) is 30.7 Å². The van der Waals surface area contributed by atoms with Crippen LogP contribution in [0.4, 0.5) is 18.9 Å². The number of halogens is 3. The number of nitrogens with zero attached hydrogens (tertiary/aromatic N) is 4. The number of morpholine rings is 1. The molecule has 4 rings (SSSR count). The number of carbonyl (C=O) groups is 1. The Labute approximate surface area is 183 Å². The highest BCUT2D eigenvalue weighted by Crippen LogP contribution is 2.37. The van der Waals surface area contributed by atoms with Crippen LogP contribution in [0.3, 0.4) is 0 Å². The average molecular weight is 447 g/mol. The van der Waals surface area contributed by atoms with Gasteiger partial charge in [0.2, 0.25) is 5.91 Å². The number of hydrogen-bond acceptors (Lipinski definition) is 6. The number of aromatic nitrogens is 1. The van der Waals surface area contributed by atoms with E-state index in [2.05, 4.69) is 16.4 Å². The summed E-state index contributed by atoms with van der Waals surface area (Å²) in [6.45, 7) is 2.51. The molecule has 1 aromatic heterocycles. The summed E-state index contributed by atoms with van der Waals surface area (Å²) in [7, 11) is 0. The standard InChI is InChI=1S/C22H24F3N5O2/c23-22(24,25)16-10-17(28-20(31)14-29-6-8-32-9-7-29)13-30(12-16)19-4-3-15(11-26)21-18(19)2-1-5-27-21/h1-5,16-17H,6-10,12-14H2,(H,28,31)/t16-,17+/m1/s1. The summed E-state index contributed by atoms with van der Waals surface area (Å²) in [4.78, 5) is 20.4. The van der Waals surface area contributed by atoms with E-state index in [1.165, 1.54) is 0 Å². The van der Waals surface area contributed by atoms with Crippen LogP contribution in [0.2, 0.25) is 0 Å². The van der Waals surface area contributed by atoms with Gasteiger partial charge in [0.1, 0.15) is 6.07 Å². The molecule has 0 saturated carbocycles. The maximum absolute atomic E-state index is 13.7. The third-order valence-electron chi connectivity index (χ3n) is 5.96. The van der Waals surface area contributed by atoms with Gasteiger partial charge in [-0.25, -0.2) is 0 Å². The molecule has 7 nitrogen and oxygen atoms in total. The van der Waals surface area contributed by atoms with Crippen molar-refractivity contribution in [3.63, 3.8) is 0 Å². The van der Waals surface area contributed by atoms with Crippen LogP contribution in [0.1, 0.15) is 12.0 Å². The number of ether oxygens (including phenoxy) is 1. The first-order valence-corrected chi connectivity index (χ1v) is 10.5. The Bertz CT molecular complexity index is 1020. The van der Waals surface area contributed by atoms with Crippen molar-refractivity contribution < 1.29 is 22.7 Å². The second-order valence-corrected chi connectivity index (χ2v) is 8.18. The van der Waals surface area contributed by atoms with Gasteiger partial charge in [-0.3, -0.25) is 14.7 Å². The molecule has 0 aliphatic carbocycles. The zero-order valence-electron chi connectivity index (χ0n) is 17.4. The first kappa shape index (κ1) is 22.3. The molecule has 2 aliphatic heterocycles. The number of hydrogen-bond donors (Lipinski definition) is 1. The molecule has 10 heteroatoms. The normalized spacial score (nSPS) is 22.5. The smallest absolute Gasteiger partial charge is 0.379 e. The van der Waals surface area contributed by atoms with Crippen molar-refractivity contribution in [3.8, 4) is 6.07 Å². The Balaban J connectivity index is 1.56. The van der Waals surface area contributed by atoms with Gasteiger partial charge >= 0.3 is 6.18 Å². The lowest BCUT2D eigenvalue weighted by molar-refractivity contribution is -0.178. The predicted molar refractivity (Wildman–Crippen MR) is 112 cm³/mol. The van der Waals surface area contributed by atoms with Gasteiger partial charge in [-0.2, -0.15) is 18.4 Å². The number of nitrogens with one attached hydrogen (secondary N) is 1. The summed E-state index contributed by atoms with van der Waals surface area (Å²) in [5.41, 5.74) is 1.40. The zero-order chi connectivity index (χ0) is 22.7. The fourth-order valence-electron chi connectivity index (χ4n) is 4.40. The molecule has 2 fully saturated rings. The highest BCUT2D eigenvalue weighted by atomic mass is 19.4. The molecule has 0 unspecified atom stereocenters. The number of anilines is 1. The molecule has 2 aliphatic rings. The summed E-state index contributed by atoms with van der Waals surface area (Å²) in [5, 5.41) is 12.8. The van der Waals surface area contributed by atoms with E-state index in [0.717, 1.165) is 0 Å². The van der Waals surface area contributed by atoms with Gasteiger partial charge in [0, 0.05) is 49.5 Å². The third-order valence-corrected chi connectivity index (χ3v) is 5.96. The van der Waals surface area contributed by atoms with E-state index < -0.39 is 18.1 Å². The lowest BCUT2D eigenvalue weighted by atomic mass is 9.92. The Hall–Kier alpha value is -2.90. The Morgan fingerprint density at radius 1 is 1.25 bits per heavy atom. The molecule has 1 N–H and O–H groups in total. The van der Waals surface area contributed by atoms with E-state index in [1.54, 1.807) is 35.4 Å². The molecule has 0 bridgehead atoms. The molecule has 3 heterocycles. The fraction of sp³-hybridized carbons (Fsp3) is 0.500. The first-order chi connectivity index (χ1) is 15.3. The third kappa shape index (κ3) is 4.95. The number of alkyl halides is 3. The molecule has 2 atom stereocenters. The Morgan fingerprint density at radius 2 is 2.03 bits per heavy atom. The molecule has 1 aromatic carbocycles. The molecular weight excluding hydrogens is 423 g/mol. The highest BCUT2D eigenvalue weighted by Gasteiger charge is 2.45. The van der Waals surface area contributed by atoms with E-state index in [-0.39, 0.29) is 32.0 Å². The molecule has 32 heavy (non-hydrogen) atoms. The van der Waals surface area contributed by atoms with E-state index in [9.17, 15) is 23.2 Å². The van der Waals surface area contributed by atoms with Gasteiger partial charge in [0.05, 0.1) is 36.8 Å². The van der Waals surface area contributed by atoms with Crippen LogP contribution in [0.15, 0.2) is 30.5 Å². The quantitative estimate of drug-likeness (QED) is 0.775. The van der Waals surface area contributed by atoms with Gasteiger partial charge in [0.15, 0.2) is 0 Å². The fourth-order valence-corrected chi connectivity index (χ4v) is 4.40. The van der Waals surface area contributed by atoms with Crippen LogP contribution in [0, 0.1) is 17.2 Å². The van der Waals surface area contributed by atoms with E-state index >= 15 is 0 Å². The molecular formula is C22H24F3N5O2. The minimum absolute atomic E-state index is 0.139. The average Bonchev–Trinajstić information content (AvgIpc) is 2.78. The summed E-state index contributed by atoms with van der Waals surface area (Å²) >= 11 is 0. The van der Waals surface area contributed by atoms with E-state index in [0.29, 0.717) is 48.5 Å². The summed E-state index contributed by atoms with van der Waals surface area (Å²) in [6, 6.07) is 8.11. The number of benzene rings is 1. The molecule has 0 radical (unpaired) electrons. The van der Waals surface area contributed by atoms with Crippen LogP contribution in [0.25, 0.3) is 10.9 Å². The van der Waals surface area contributed by atoms with Crippen molar-refractivity contribution >= 4 is 22.5 Å². The van der Waals surface area contributed by atoms with Crippen molar-refractivity contribution in [3.05, 3.63) is 36.0 Å². The number of carbonyl (C=O) groups excluding carboxylic acids is 1. The minimum Gasteiger partial charge on any atom is -0.379 e. The number of piperidine rings is 1. The molecule has 0 spiro atoms. The minimum atomic E-state index is -4.38. The predicted octanol–water partition coefficient (Wildman–Crippen LogP) is 2.31. The molecule has 1 amide bonds. The second kappa shape index (κ2) is 9.30. The van der Waals surface area contributed by atoms with Crippen molar-refractivity contribution in [2.75, 3.05) is 50.8 Å². The van der Waals surface area contributed by atoms with Crippen LogP contribution >= 0.6 is 0 Å². The number of pyridine rings is 1. The van der Waals surface area contributed by atoms with Crippen molar-refractivity contribution in [1.82, 2.24) is 15.2 Å².